The first-order valence-electron chi connectivity index (χ1n) is 14.2. The largest absolute Gasteiger partial charge is 0.418 e. The predicted molar refractivity (Wildman–Crippen MR) is 161 cm³/mol. The molecule has 4 aromatic rings. The Balaban J connectivity index is 0.00000189. The molecule has 0 spiro atoms. The van der Waals surface area contributed by atoms with Gasteiger partial charge in [-0.1, -0.05) is 63.6 Å². The summed E-state index contributed by atoms with van der Waals surface area (Å²) in [6, 6.07) is 15.2. The van der Waals surface area contributed by atoms with E-state index in [1.807, 2.05) is 38.1 Å². The van der Waals surface area contributed by atoms with Gasteiger partial charge in [0.25, 0.3) is 0 Å². The number of aromatic nitrogens is 3. The summed E-state index contributed by atoms with van der Waals surface area (Å²) in [4.78, 5) is 16.1. The molecule has 0 saturated carbocycles. The van der Waals surface area contributed by atoms with Crippen LogP contribution in [0.25, 0.3) is 22.2 Å². The fourth-order valence-corrected chi connectivity index (χ4v) is 5.76. The number of hydrogen-bond donors (Lipinski definition) is 1. The van der Waals surface area contributed by atoms with E-state index in [1.54, 1.807) is 18.2 Å². The maximum atomic E-state index is 13.7. The summed E-state index contributed by atoms with van der Waals surface area (Å²) in [5.74, 6) is 2.46. The summed E-state index contributed by atoms with van der Waals surface area (Å²) in [6.07, 6.45) is -1.25. The highest BCUT2D eigenvalue weighted by atomic mass is 35.5. The lowest BCUT2D eigenvalue weighted by Gasteiger charge is -2.34. The molecule has 0 radical (unpaired) electrons. The topological polar surface area (TPSA) is 53.9 Å². The van der Waals surface area contributed by atoms with Crippen molar-refractivity contribution in [3.63, 3.8) is 0 Å². The van der Waals surface area contributed by atoms with Gasteiger partial charge in [-0.3, -0.25) is 9.88 Å². The molecule has 1 aliphatic heterocycles. The third kappa shape index (κ3) is 7.74. The highest BCUT2D eigenvalue weighted by Crippen LogP contribution is 2.37. The predicted octanol–water partition coefficient (Wildman–Crippen LogP) is 8.52. The van der Waals surface area contributed by atoms with Crippen molar-refractivity contribution in [3.05, 3.63) is 82.8 Å². The molecule has 5 nitrogen and oxygen atoms in total. The highest BCUT2D eigenvalue weighted by Gasteiger charge is 2.34. The minimum absolute atomic E-state index is 0.112. The molecular formula is C32H37ClF3N5. The highest BCUT2D eigenvalue weighted by molar-refractivity contribution is 6.31. The van der Waals surface area contributed by atoms with Crippen LogP contribution in [0.15, 0.2) is 60.8 Å². The lowest BCUT2D eigenvalue weighted by atomic mass is 9.92. The molecule has 2 unspecified atom stereocenters. The smallest absolute Gasteiger partial charge is 0.369 e. The van der Waals surface area contributed by atoms with Gasteiger partial charge in [0, 0.05) is 41.8 Å². The molecule has 1 N–H and O–H groups in total. The number of anilines is 1. The molecule has 41 heavy (non-hydrogen) atoms. The van der Waals surface area contributed by atoms with Crippen LogP contribution in [0.4, 0.5) is 19.0 Å². The third-order valence-electron chi connectivity index (χ3n) is 7.08. The Bertz CT molecular complexity index is 1450. The quantitative estimate of drug-likeness (QED) is 0.236. The van der Waals surface area contributed by atoms with Crippen molar-refractivity contribution >= 4 is 28.3 Å². The molecular weight excluding hydrogens is 547 g/mol. The van der Waals surface area contributed by atoms with Crippen molar-refractivity contribution in [3.8, 4) is 11.3 Å². The van der Waals surface area contributed by atoms with E-state index in [9.17, 15) is 13.2 Å². The second kappa shape index (κ2) is 13.6. The summed E-state index contributed by atoms with van der Waals surface area (Å²) in [5, 5.41) is 4.88. The maximum absolute atomic E-state index is 13.7. The fraction of sp³-hybridized carbons (Fsp3) is 0.406. The normalized spacial score (nSPS) is 17.7. The van der Waals surface area contributed by atoms with Gasteiger partial charge < -0.3 is 5.32 Å². The van der Waals surface area contributed by atoms with Gasteiger partial charge in [0.1, 0.15) is 11.6 Å². The van der Waals surface area contributed by atoms with Crippen molar-refractivity contribution in [2.75, 3.05) is 25.0 Å². The number of rotatable bonds is 7. The number of fused-ring (bicyclic) bond motifs is 1. The fourth-order valence-electron chi connectivity index (χ4n) is 5.53. The Morgan fingerprint density at radius 1 is 0.976 bits per heavy atom. The van der Waals surface area contributed by atoms with E-state index < -0.39 is 11.7 Å². The van der Waals surface area contributed by atoms with E-state index in [-0.39, 0.29) is 5.69 Å². The Labute approximate surface area is 245 Å². The molecule has 1 fully saturated rings. The number of nitrogens with zero attached hydrogens (tertiary/aromatic N) is 4. The summed E-state index contributed by atoms with van der Waals surface area (Å²) >= 11 is 6.33. The summed E-state index contributed by atoms with van der Waals surface area (Å²) in [7, 11) is 0. The zero-order valence-corrected chi connectivity index (χ0v) is 24.7. The monoisotopic (exact) mass is 583 g/mol. The van der Waals surface area contributed by atoms with Crippen LogP contribution in [-0.4, -0.2) is 39.5 Å². The van der Waals surface area contributed by atoms with Gasteiger partial charge in [-0.05, 0) is 60.6 Å². The van der Waals surface area contributed by atoms with E-state index in [4.69, 9.17) is 21.6 Å². The van der Waals surface area contributed by atoms with Crippen molar-refractivity contribution < 1.29 is 13.2 Å². The standard InChI is InChI=1S/C30H31ClF3N5.C2H6/c1-19-14-20(2)17-39(16-19)18-27-37-26-15-22(28-24(30(32,33)34)7-5-12-35-28)9-10-23(26)29(38-27)36-13-11-21-6-3-4-8-25(21)31;1-2/h3-10,12,15,19-20H,11,13-14,16-18H2,1-2H3,(H,36,37,38);1-2H3. The molecule has 218 valence electrons. The number of alkyl halides is 3. The number of pyridine rings is 1. The molecule has 2 aromatic carbocycles. The van der Waals surface area contributed by atoms with Crippen LogP contribution in [0.5, 0.6) is 0 Å². The first-order valence-corrected chi connectivity index (χ1v) is 14.6. The number of piperidine rings is 1. The van der Waals surface area contributed by atoms with Gasteiger partial charge in [0.15, 0.2) is 0 Å². The minimum Gasteiger partial charge on any atom is -0.369 e. The first kappa shape index (κ1) is 30.7. The Morgan fingerprint density at radius 2 is 1.71 bits per heavy atom. The lowest BCUT2D eigenvalue weighted by molar-refractivity contribution is -0.137. The number of hydrogen-bond acceptors (Lipinski definition) is 5. The van der Waals surface area contributed by atoms with E-state index in [0.717, 1.165) is 30.1 Å². The first-order chi connectivity index (χ1) is 19.7. The average Bonchev–Trinajstić information content (AvgIpc) is 2.94. The van der Waals surface area contributed by atoms with Crippen molar-refractivity contribution in [1.29, 1.82) is 0 Å². The molecule has 2 atom stereocenters. The maximum Gasteiger partial charge on any atom is 0.418 e. The zero-order valence-electron chi connectivity index (χ0n) is 24.0. The van der Waals surface area contributed by atoms with Gasteiger partial charge in [-0.15, -0.1) is 0 Å². The molecule has 1 aliphatic rings. The van der Waals surface area contributed by atoms with Crippen molar-refractivity contribution in [2.45, 2.75) is 53.3 Å². The molecule has 0 amide bonds. The van der Waals surface area contributed by atoms with Gasteiger partial charge in [-0.25, -0.2) is 9.97 Å². The van der Waals surface area contributed by atoms with Gasteiger partial charge in [0.2, 0.25) is 0 Å². The van der Waals surface area contributed by atoms with E-state index in [1.165, 1.54) is 18.7 Å². The lowest BCUT2D eigenvalue weighted by Crippen LogP contribution is -2.38. The number of likely N-dealkylation sites (tertiary alicyclic amines) is 1. The molecule has 2 aromatic heterocycles. The molecule has 1 saturated heterocycles. The molecule has 0 aliphatic carbocycles. The number of benzene rings is 2. The number of halogens is 4. The van der Waals surface area contributed by atoms with Crippen LogP contribution in [0.3, 0.4) is 0 Å². The Kier molecular flexibility index (Phi) is 10.2. The van der Waals surface area contributed by atoms with Gasteiger partial charge >= 0.3 is 6.18 Å². The second-order valence-electron chi connectivity index (χ2n) is 10.5. The van der Waals surface area contributed by atoms with Crippen LogP contribution in [0, 0.1) is 11.8 Å². The van der Waals surface area contributed by atoms with Crippen LogP contribution in [0.2, 0.25) is 5.02 Å². The van der Waals surface area contributed by atoms with Crippen LogP contribution < -0.4 is 5.32 Å². The van der Waals surface area contributed by atoms with Gasteiger partial charge in [0.05, 0.1) is 23.3 Å². The third-order valence-corrected chi connectivity index (χ3v) is 7.45. The Morgan fingerprint density at radius 3 is 2.41 bits per heavy atom. The average molecular weight is 584 g/mol. The van der Waals surface area contributed by atoms with E-state index in [0.29, 0.717) is 59.1 Å². The zero-order chi connectivity index (χ0) is 29.6. The molecule has 9 heteroatoms. The second-order valence-corrected chi connectivity index (χ2v) is 10.9. The summed E-state index contributed by atoms with van der Waals surface area (Å²) in [6.45, 7) is 11.6. The number of nitrogens with one attached hydrogen (secondary N) is 1. The van der Waals surface area contributed by atoms with Crippen molar-refractivity contribution in [1.82, 2.24) is 19.9 Å². The van der Waals surface area contributed by atoms with Crippen LogP contribution in [-0.2, 0) is 19.1 Å². The molecule has 5 rings (SSSR count). The summed E-state index contributed by atoms with van der Waals surface area (Å²) < 4.78 is 41.2. The summed E-state index contributed by atoms with van der Waals surface area (Å²) in [5.41, 5.74) is 1.09. The van der Waals surface area contributed by atoms with Crippen LogP contribution in [0.1, 0.15) is 51.1 Å². The molecule has 0 bridgehead atoms. The van der Waals surface area contributed by atoms with Crippen molar-refractivity contribution in [2.24, 2.45) is 11.8 Å². The van der Waals surface area contributed by atoms with Crippen LogP contribution >= 0.6 is 11.6 Å². The van der Waals surface area contributed by atoms with E-state index >= 15 is 0 Å². The Hall–Kier alpha value is -3.23. The van der Waals surface area contributed by atoms with E-state index in [2.05, 4.69) is 29.0 Å². The molecule has 3 heterocycles. The minimum atomic E-state index is -4.51. The SMILES string of the molecule is CC.CC1CC(C)CN(Cc2nc(NCCc3ccccc3Cl)c3ccc(-c4ncccc4C(F)(F)F)cc3n2)C1. The van der Waals surface area contributed by atoms with Gasteiger partial charge in [-0.2, -0.15) is 13.2 Å².